The van der Waals surface area contributed by atoms with Crippen molar-refractivity contribution in [2.75, 3.05) is 0 Å². The molecule has 9 aromatic carbocycles. The topological polar surface area (TPSA) is 30.7 Å². The van der Waals surface area contributed by atoms with Gasteiger partial charge in [-0.2, -0.15) is 79.0 Å². The molecule has 430 valence electrons. The fourth-order valence-electron chi connectivity index (χ4n) is 10.3. The highest BCUT2D eigenvalue weighted by Gasteiger charge is 2.41. The molecule has 0 saturated carbocycles. The van der Waals surface area contributed by atoms with Crippen LogP contribution < -0.4 is 0 Å². The molecule has 11 aromatic rings. The summed E-state index contributed by atoms with van der Waals surface area (Å²) in [5.41, 5.74) is -13.8. The quantitative estimate of drug-likeness (QED) is 0.142. The summed E-state index contributed by atoms with van der Waals surface area (Å²) in [6, 6.07) is 36.5. The number of fused-ring (bicyclic) bond motifs is 3. The van der Waals surface area contributed by atoms with Gasteiger partial charge in [-0.3, -0.25) is 0 Å². The molecule has 0 atom stereocenters. The summed E-state index contributed by atoms with van der Waals surface area (Å²) in [6.45, 7) is 0. The van der Waals surface area contributed by atoms with Gasteiger partial charge in [0.25, 0.3) is 0 Å². The molecule has 0 amide bonds. The van der Waals surface area contributed by atoms with E-state index in [9.17, 15) is 52.7 Å². The molecule has 0 aliphatic carbocycles. The zero-order chi connectivity index (χ0) is 60.8. The number of hydrogen-bond donors (Lipinski definition) is 0. The smallest absolute Gasteiger partial charge is 0.308 e. The monoisotopic (exact) mass is 1190 g/mol. The Morgan fingerprint density at radius 2 is 0.612 bits per heavy atom. The van der Waals surface area contributed by atoms with Gasteiger partial charge in [-0.25, -0.2) is 9.97 Å². The largest absolute Gasteiger partial charge is 0.417 e. The molecule has 0 aliphatic rings. The van der Waals surface area contributed by atoms with Gasteiger partial charge in [0.15, 0.2) is 5.82 Å². The van der Waals surface area contributed by atoms with Gasteiger partial charge in [0, 0.05) is 38.6 Å². The van der Waals surface area contributed by atoms with Gasteiger partial charge in [-0.1, -0.05) is 109 Å². The lowest BCUT2D eigenvalue weighted by Gasteiger charge is -2.24. The second-order valence-electron chi connectivity index (χ2n) is 19.6. The zero-order valence-corrected chi connectivity index (χ0v) is 42.7. The van der Waals surface area contributed by atoms with Crippen molar-refractivity contribution < 1.29 is 79.0 Å². The van der Waals surface area contributed by atoms with E-state index in [1.165, 1.54) is 30.3 Å². The summed E-state index contributed by atoms with van der Waals surface area (Å²) in [4.78, 5) is 9.59. The number of alkyl halides is 18. The third kappa shape index (κ3) is 11.3. The Morgan fingerprint density at radius 1 is 0.259 bits per heavy atom. The van der Waals surface area contributed by atoms with E-state index in [0.29, 0.717) is 47.5 Å². The van der Waals surface area contributed by atoms with Crippen molar-refractivity contribution >= 4 is 21.8 Å². The number of nitrogens with zero attached hydrogens (tertiary/aromatic N) is 3. The highest BCUT2D eigenvalue weighted by atomic mass is 19.4. The minimum absolute atomic E-state index is 0.0223. The highest BCUT2D eigenvalue weighted by molar-refractivity contribution is 6.13. The Kier molecular flexibility index (Phi) is 14.0. The molecule has 85 heavy (non-hydrogen) atoms. The summed E-state index contributed by atoms with van der Waals surface area (Å²) in [5, 5.41) is -0.485. The van der Waals surface area contributed by atoms with Gasteiger partial charge >= 0.3 is 37.1 Å². The van der Waals surface area contributed by atoms with E-state index in [1.54, 1.807) is 60.7 Å². The van der Waals surface area contributed by atoms with Crippen molar-refractivity contribution in [1.29, 1.82) is 0 Å². The van der Waals surface area contributed by atoms with Crippen LogP contribution in [0, 0.1) is 0 Å². The first kappa shape index (κ1) is 57.4. The number of rotatable bonds is 8. The van der Waals surface area contributed by atoms with Gasteiger partial charge in [-0.05, 0) is 124 Å². The first-order chi connectivity index (χ1) is 39.9. The Labute approximate surface area is 468 Å². The van der Waals surface area contributed by atoms with Crippen LogP contribution in [0.5, 0.6) is 0 Å². The van der Waals surface area contributed by atoms with E-state index >= 15 is 26.3 Å². The van der Waals surface area contributed by atoms with Crippen molar-refractivity contribution in [1.82, 2.24) is 14.5 Å². The number of hydrogen-bond acceptors (Lipinski definition) is 2. The third-order valence-electron chi connectivity index (χ3n) is 14.1. The lowest BCUT2D eigenvalue weighted by atomic mass is 9.88. The predicted molar refractivity (Wildman–Crippen MR) is 284 cm³/mol. The maximum atomic E-state index is 15.6. The van der Waals surface area contributed by atoms with E-state index in [-0.39, 0.29) is 67.8 Å². The molecule has 0 radical (unpaired) electrons. The summed E-state index contributed by atoms with van der Waals surface area (Å²) in [6.07, 6.45) is -31.8. The molecule has 0 N–H and O–H groups in total. The third-order valence-corrected chi connectivity index (χ3v) is 14.1. The van der Waals surface area contributed by atoms with Crippen molar-refractivity contribution in [3.8, 4) is 84.1 Å². The van der Waals surface area contributed by atoms with Gasteiger partial charge in [0.05, 0.1) is 61.5 Å². The van der Waals surface area contributed by atoms with E-state index in [0.717, 1.165) is 65.2 Å². The zero-order valence-electron chi connectivity index (χ0n) is 42.7. The lowest BCUT2D eigenvalue weighted by Crippen LogP contribution is -2.11. The molecule has 11 rings (SSSR count). The minimum Gasteiger partial charge on any atom is -0.308 e. The molecule has 2 heterocycles. The van der Waals surface area contributed by atoms with Gasteiger partial charge < -0.3 is 4.57 Å². The molecule has 0 spiro atoms. The Bertz CT molecular complexity index is 4040. The fraction of sp³-hybridized carbons (Fsp3) is 0.0938. The van der Waals surface area contributed by atoms with Crippen molar-refractivity contribution in [3.05, 3.63) is 234 Å². The van der Waals surface area contributed by atoms with Crippen LogP contribution in [0.25, 0.3) is 106 Å². The van der Waals surface area contributed by atoms with E-state index < -0.39 is 110 Å². The van der Waals surface area contributed by atoms with Crippen LogP contribution in [0.1, 0.15) is 33.4 Å². The van der Waals surface area contributed by atoms with Crippen LogP contribution in [-0.4, -0.2) is 14.5 Å². The molecule has 0 bridgehead atoms. The number of aromatic nitrogens is 3. The standard InChI is InChI=1S/C64H33F18N3/c65-59(66,67)41-23-38(24-42(31-41)60(68,69)70)36-19-21-55-47(27-36)48-28-37(39-25-43(61(71,72)73)32-44(26-39)62(74,75)76)20-22-56(48)85(55)57-49(45-15-7-9-17-51(45)63(77,78)79)29-40(30-50(57)46-16-8-10-18-52(46)64(80,81)82)54-33-53(34-11-3-1-4-12-34)83-58(84-54)35-13-5-2-6-14-35/h1-33H. The summed E-state index contributed by atoms with van der Waals surface area (Å²) >= 11 is 0. The molecule has 0 fully saturated rings. The van der Waals surface area contributed by atoms with E-state index in [1.807, 2.05) is 0 Å². The van der Waals surface area contributed by atoms with Crippen LogP contribution in [-0.2, 0) is 37.1 Å². The maximum absolute atomic E-state index is 15.6. The molecule has 0 aliphatic heterocycles. The van der Waals surface area contributed by atoms with Crippen LogP contribution in [0.3, 0.4) is 0 Å². The van der Waals surface area contributed by atoms with Crippen LogP contribution in [0.4, 0.5) is 79.0 Å². The average Bonchev–Trinajstić information content (AvgIpc) is 1.69. The Morgan fingerprint density at radius 3 is 0.988 bits per heavy atom. The lowest BCUT2D eigenvalue weighted by molar-refractivity contribution is -0.144. The molecular weight excluding hydrogens is 1150 g/mol. The maximum Gasteiger partial charge on any atom is 0.417 e. The van der Waals surface area contributed by atoms with Crippen LogP contribution in [0.2, 0.25) is 0 Å². The number of benzene rings is 9. The molecule has 0 saturated heterocycles. The van der Waals surface area contributed by atoms with Crippen molar-refractivity contribution in [2.24, 2.45) is 0 Å². The normalized spacial score (nSPS) is 12.8. The minimum atomic E-state index is -5.36. The van der Waals surface area contributed by atoms with Gasteiger partial charge in [-0.15, -0.1) is 0 Å². The molecule has 2 aromatic heterocycles. The molecule has 0 unspecified atom stereocenters. The first-order valence-electron chi connectivity index (χ1n) is 25.1. The van der Waals surface area contributed by atoms with Crippen LogP contribution in [0.15, 0.2) is 200 Å². The summed E-state index contributed by atoms with van der Waals surface area (Å²) in [7, 11) is 0. The fourth-order valence-corrected chi connectivity index (χ4v) is 10.3. The average molecular weight is 1190 g/mol. The van der Waals surface area contributed by atoms with E-state index in [4.69, 9.17) is 9.97 Å². The predicted octanol–water partition coefficient (Wildman–Crippen LogP) is 21.4. The van der Waals surface area contributed by atoms with E-state index in [2.05, 4.69) is 0 Å². The first-order valence-corrected chi connectivity index (χ1v) is 25.1. The second-order valence-corrected chi connectivity index (χ2v) is 19.6. The Hall–Kier alpha value is -9.40. The summed E-state index contributed by atoms with van der Waals surface area (Å²) < 4.78 is 267. The molecule has 3 nitrogen and oxygen atoms in total. The SMILES string of the molecule is FC(F)(F)c1cc(-c2ccc3c(c2)c2cc(-c4cc(C(F)(F)F)cc(C(F)(F)F)c4)ccc2n3-c2c(-c3ccccc3C(F)(F)F)cc(-c3cc(-c4ccccc4)nc(-c4ccccc4)n3)cc2-c2ccccc2C(F)(F)F)cc(C(F)(F)F)c1. The van der Waals surface area contributed by atoms with Gasteiger partial charge in [0.2, 0.25) is 0 Å². The highest BCUT2D eigenvalue weighted by Crippen LogP contribution is 2.51. The Balaban J connectivity index is 1.32. The molecule has 21 heteroatoms. The van der Waals surface area contributed by atoms with Crippen molar-refractivity contribution in [2.45, 2.75) is 37.1 Å². The second kappa shape index (κ2) is 20.7. The number of halogens is 18. The van der Waals surface area contributed by atoms with Gasteiger partial charge in [0.1, 0.15) is 0 Å². The molecular formula is C64H33F18N3. The summed E-state index contributed by atoms with van der Waals surface area (Å²) in [5.74, 6) is 0.0794. The van der Waals surface area contributed by atoms with Crippen molar-refractivity contribution in [3.63, 3.8) is 0 Å². The van der Waals surface area contributed by atoms with Crippen LogP contribution >= 0.6 is 0 Å².